The number of hydrazine groups is 1. The molecule has 0 saturated heterocycles. The highest BCUT2D eigenvalue weighted by Crippen LogP contribution is 2.10. The van der Waals surface area contributed by atoms with Gasteiger partial charge in [0, 0.05) is 6.42 Å². The van der Waals surface area contributed by atoms with Crippen LogP contribution in [-0.4, -0.2) is 18.4 Å². The number of unbranched alkanes of at least 4 members (excludes halogenated alkanes) is 1. The summed E-state index contributed by atoms with van der Waals surface area (Å²) in [5.41, 5.74) is 4.52. The van der Waals surface area contributed by atoms with Gasteiger partial charge in [-0.15, -0.1) is 0 Å². The normalized spacial score (nSPS) is 9.79. The number of halogens is 1. The molecule has 2 N–H and O–H groups in total. The highest BCUT2D eigenvalue weighted by atomic mass is 19.1. The van der Waals surface area contributed by atoms with Gasteiger partial charge in [-0.1, -0.05) is 13.3 Å². The third-order valence-corrected chi connectivity index (χ3v) is 2.28. The van der Waals surface area contributed by atoms with Gasteiger partial charge in [-0.3, -0.25) is 20.4 Å². The largest absolute Gasteiger partial charge is 0.484 e. The molecule has 0 heterocycles. The van der Waals surface area contributed by atoms with Crippen LogP contribution >= 0.6 is 0 Å². The smallest absolute Gasteiger partial charge is 0.276 e. The lowest BCUT2D eigenvalue weighted by Gasteiger charge is -2.08. The molecule has 5 nitrogen and oxygen atoms in total. The Morgan fingerprint density at radius 3 is 2.42 bits per heavy atom. The second-order valence-electron chi connectivity index (χ2n) is 3.94. The molecule has 1 aromatic rings. The topological polar surface area (TPSA) is 67.4 Å². The molecule has 0 aliphatic heterocycles. The van der Waals surface area contributed by atoms with E-state index in [0.717, 1.165) is 12.8 Å². The van der Waals surface area contributed by atoms with Gasteiger partial charge in [0.15, 0.2) is 6.61 Å². The van der Waals surface area contributed by atoms with Crippen LogP contribution in [0.4, 0.5) is 4.39 Å². The molecule has 0 aliphatic carbocycles. The van der Waals surface area contributed by atoms with Gasteiger partial charge in [0.1, 0.15) is 11.6 Å². The van der Waals surface area contributed by atoms with Crippen LogP contribution in [-0.2, 0) is 9.59 Å². The Kier molecular flexibility index (Phi) is 6.35. The molecule has 0 atom stereocenters. The molecule has 6 heteroatoms. The third kappa shape index (κ3) is 6.40. The van der Waals surface area contributed by atoms with Gasteiger partial charge in [0.25, 0.3) is 5.91 Å². The minimum atomic E-state index is -0.478. The van der Waals surface area contributed by atoms with Gasteiger partial charge in [0.2, 0.25) is 5.91 Å². The number of carbonyl (C=O) groups excluding carboxylic acids is 2. The van der Waals surface area contributed by atoms with Crippen LogP contribution < -0.4 is 15.6 Å². The Bertz CT molecular complexity index is 420. The van der Waals surface area contributed by atoms with E-state index in [1.54, 1.807) is 0 Å². The zero-order chi connectivity index (χ0) is 14.1. The predicted octanol–water partition coefficient (Wildman–Crippen LogP) is 1.54. The Morgan fingerprint density at radius 2 is 1.79 bits per heavy atom. The summed E-state index contributed by atoms with van der Waals surface area (Å²) in [5.74, 6) is -0.708. The summed E-state index contributed by atoms with van der Waals surface area (Å²) in [4.78, 5) is 22.5. The number of rotatable bonds is 6. The molecule has 1 aromatic carbocycles. The number of benzene rings is 1. The first-order chi connectivity index (χ1) is 9.11. The van der Waals surface area contributed by atoms with Gasteiger partial charge in [0.05, 0.1) is 0 Å². The first kappa shape index (κ1) is 14.9. The molecule has 0 unspecified atom stereocenters. The quantitative estimate of drug-likeness (QED) is 0.769. The van der Waals surface area contributed by atoms with Crippen LogP contribution in [0, 0.1) is 5.82 Å². The minimum absolute atomic E-state index is 0.239. The van der Waals surface area contributed by atoms with Crippen molar-refractivity contribution in [1.29, 1.82) is 0 Å². The van der Waals surface area contributed by atoms with Gasteiger partial charge in [-0.25, -0.2) is 4.39 Å². The van der Waals surface area contributed by atoms with E-state index in [1.165, 1.54) is 24.3 Å². The van der Waals surface area contributed by atoms with E-state index >= 15 is 0 Å². The van der Waals surface area contributed by atoms with Crippen molar-refractivity contribution in [2.75, 3.05) is 6.61 Å². The fraction of sp³-hybridized carbons (Fsp3) is 0.385. The van der Waals surface area contributed by atoms with Crippen LogP contribution in [0.2, 0.25) is 0 Å². The molecule has 0 radical (unpaired) electrons. The molecule has 0 aromatic heterocycles. The van der Waals surface area contributed by atoms with Gasteiger partial charge >= 0.3 is 0 Å². The molecule has 0 spiro atoms. The maximum Gasteiger partial charge on any atom is 0.276 e. The number of hydrogen-bond donors (Lipinski definition) is 2. The molecule has 104 valence electrons. The van der Waals surface area contributed by atoms with E-state index in [-0.39, 0.29) is 18.3 Å². The summed E-state index contributed by atoms with van der Waals surface area (Å²) in [6, 6.07) is 5.31. The average Bonchev–Trinajstić information content (AvgIpc) is 2.42. The van der Waals surface area contributed by atoms with Crippen LogP contribution in [0.1, 0.15) is 26.2 Å². The molecule has 19 heavy (non-hydrogen) atoms. The van der Waals surface area contributed by atoms with Gasteiger partial charge < -0.3 is 4.74 Å². The summed E-state index contributed by atoms with van der Waals surface area (Å²) in [7, 11) is 0. The van der Waals surface area contributed by atoms with Crippen molar-refractivity contribution in [3.63, 3.8) is 0 Å². The van der Waals surface area contributed by atoms with E-state index in [2.05, 4.69) is 10.9 Å². The Labute approximate surface area is 111 Å². The predicted molar refractivity (Wildman–Crippen MR) is 67.7 cm³/mol. The minimum Gasteiger partial charge on any atom is -0.484 e. The van der Waals surface area contributed by atoms with Crippen molar-refractivity contribution < 1.29 is 18.7 Å². The summed E-state index contributed by atoms with van der Waals surface area (Å²) in [5, 5.41) is 0. The maximum absolute atomic E-state index is 12.6. The van der Waals surface area contributed by atoms with Crippen LogP contribution in [0.15, 0.2) is 24.3 Å². The zero-order valence-electron chi connectivity index (χ0n) is 10.7. The molecule has 0 aliphatic rings. The number of amides is 2. The molecule has 1 rings (SSSR count). The zero-order valence-corrected chi connectivity index (χ0v) is 10.7. The average molecular weight is 268 g/mol. The van der Waals surface area contributed by atoms with Crippen molar-refractivity contribution in [2.45, 2.75) is 26.2 Å². The van der Waals surface area contributed by atoms with E-state index in [9.17, 15) is 14.0 Å². The standard InChI is InChI=1S/C13H17FN2O3/c1-2-3-4-12(17)15-16-13(18)9-19-11-7-5-10(14)6-8-11/h5-8H,2-4,9H2,1H3,(H,15,17)(H,16,18). The van der Waals surface area contributed by atoms with Gasteiger partial charge in [-0.2, -0.15) is 0 Å². The van der Waals surface area contributed by atoms with Gasteiger partial charge in [-0.05, 0) is 30.7 Å². The Balaban J connectivity index is 2.21. The lowest BCUT2D eigenvalue weighted by molar-refractivity contribution is -0.130. The first-order valence-electron chi connectivity index (χ1n) is 6.08. The molecule has 0 fully saturated rings. The second-order valence-corrected chi connectivity index (χ2v) is 3.94. The molecular weight excluding hydrogens is 251 g/mol. The highest BCUT2D eigenvalue weighted by molar-refractivity contribution is 5.82. The first-order valence-corrected chi connectivity index (χ1v) is 6.08. The summed E-state index contributed by atoms with van der Waals surface area (Å²) in [6.45, 7) is 1.72. The molecule has 2 amide bonds. The monoisotopic (exact) mass is 268 g/mol. The SMILES string of the molecule is CCCCC(=O)NNC(=O)COc1ccc(F)cc1. The molecule has 0 saturated carbocycles. The number of ether oxygens (including phenoxy) is 1. The van der Waals surface area contributed by atoms with E-state index < -0.39 is 5.91 Å². The lowest BCUT2D eigenvalue weighted by Crippen LogP contribution is -2.43. The Hall–Kier alpha value is -2.11. The number of hydrogen-bond acceptors (Lipinski definition) is 3. The highest BCUT2D eigenvalue weighted by Gasteiger charge is 2.05. The third-order valence-electron chi connectivity index (χ3n) is 2.28. The Morgan fingerprint density at radius 1 is 1.16 bits per heavy atom. The fourth-order valence-corrected chi connectivity index (χ4v) is 1.26. The maximum atomic E-state index is 12.6. The van der Waals surface area contributed by atoms with Crippen molar-refractivity contribution in [3.8, 4) is 5.75 Å². The van der Waals surface area contributed by atoms with Crippen molar-refractivity contribution in [3.05, 3.63) is 30.1 Å². The summed E-state index contributed by atoms with van der Waals surface area (Å²) in [6.07, 6.45) is 2.05. The van der Waals surface area contributed by atoms with Crippen molar-refractivity contribution >= 4 is 11.8 Å². The lowest BCUT2D eigenvalue weighted by atomic mass is 10.2. The van der Waals surface area contributed by atoms with E-state index in [1.807, 2.05) is 6.92 Å². The van der Waals surface area contributed by atoms with Crippen LogP contribution in [0.3, 0.4) is 0 Å². The number of nitrogens with one attached hydrogen (secondary N) is 2. The summed E-state index contributed by atoms with van der Waals surface area (Å²) >= 11 is 0. The molecule has 0 bridgehead atoms. The van der Waals surface area contributed by atoms with E-state index in [0.29, 0.717) is 12.2 Å². The van der Waals surface area contributed by atoms with Crippen LogP contribution in [0.5, 0.6) is 5.75 Å². The molecular formula is C13H17FN2O3. The van der Waals surface area contributed by atoms with Crippen LogP contribution in [0.25, 0.3) is 0 Å². The number of carbonyl (C=O) groups is 2. The van der Waals surface area contributed by atoms with E-state index in [4.69, 9.17) is 4.74 Å². The van der Waals surface area contributed by atoms with Crippen molar-refractivity contribution in [1.82, 2.24) is 10.9 Å². The fourth-order valence-electron chi connectivity index (χ4n) is 1.26. The second kappa shape index (κ2) is 8.07. The van der Waals surface area contributed by atoms with Crippen molar-refractivity contribution in [2.24, 2.45) is 0 Å². The summed E-state index contributed by atoms with van der Waals surface area (Å²) < 4.78 is 17.7.